The van der Waals surface area contributed by atoms with Gasteiger partial charge in [0.25, 0.3) is 0 Å². The molecule has 0 fully saturated rings. The predicted molar refractivity (Wildman–Crippen MR) is 120 cm³/mol. The lowest BCUT2D eigenvalue weighted by molar-refractivity contribution is 0.0470. The molecule has 29 heavy (non-hydrogen) atoms. The number of benzene rings is 1. The van der Waals surface area contributed by atoms with Crippen molar-refractivity contribution in [2.75, 3.05) is 5.73 Å². The quantitative estimate of drug-likeness (QED) is 0.569. The third-order valence-electron chi connectivity index (χ3n) is 4.43. The lowest BCUT2D eigenvalue weighted by atomic mass is 9.92. The molecule has 2 heterocycles. The predicted octanol–water partition coefficient (Wildman–Crippen LogP) is 5.82. The van der Waals surface area contributed by atoms with E-state index >= 15 is 0 Å². The van der Waals surface area contributed by atoms with Gasteiger partial charge in [-0.05, 0) is 68.6 Å². The summed E-state index contributed by atoms with van der Waals surface area (Å²) in [6, 6.07) is 12.0. The number of nitrogens with zero attached hydrogens (tertiary/aromatic N) is 1. The van der Waals surface area contributed by atoms with Crippen molar-refractivity contribution in [3.8, 4) is 22.4 Å². The summed E-state index contributed by atoms with van der Waals surface area (Å²) in [4.78, 5) is 16.8. The molecule has 152 valence electrons. The lowest BCUT2D eigenvalue weighted by Crippen LogP contribution is -2.43. The molecule has 0 atom stereocenters. The van der Waals surface area contributed by atoms with Crippen molar-refractivity contribution in [3.63, 3.8) is 0 Å². The fourth-order valence-electron chi connectivity index (χ4n) is 3.02. The molecule has 2 aromatic heterocycles. The van der Waals surface area contributed by atoms with Crippen LogP contribution < -0.4 is 11.1 Å². The van der Waals surface area contributed by atoms with Gasteiger partial charge in [0.15, 0.2) is 0 Å². The number of rotatable bonds is 4. The number of carbonyl (C=O) groups is 1. The summed E-state index contributed by atoms with van der Waals surface area (Å²) in [7, 11) is 0. The van der Waals surface area contributed by atoms with Gasteiger partial charge >= 0.3 is 6.09 Å². The maximum absolute atomic E-state index is 12.2. The average Bonchev–Trinajstić information content (AvgIpc) is 3.14. The second-order valence-electron chi connectivity index (χ2n) is 8.51. The molecule has 3 rings (SSSR count). The van der Waals surface area contributed by atoms with Gasteiger partial charge in [0.2, 0.25) is 0 Å². The summed E-state index contributed by atoms with van der Waals surface area (Å²) in [5, 5.41) is 7.06. The molecule has 0 aliphatic carbocycles. The summed E-state index contributed by atoms with van der Waals surface area (Å²) in [5.41, 5.74) is 10.4. The van der Waals surface area contributed by atoms with Gasteiger partial charge in [-0.2, -0.15) is 11.3 Å². The fourth-order valence-corrected chi connectivity index (χ4v) is 3.68. The van der Waals surface area contributed by atoms with Gasteiger partial charge in [0.1, 0.15) is 5.60 Å². The van der Waals surface area contributed by atoms with Crippen LogP contribution in [-0.4, -0.2) is 16.7 Å². The Morgan fingerprint density at radius 3 is 2.34 bits per heavy atom. The van der Waals surface area contributed by atoms with Gasteiger partial charge in [0, 0.05) is 11.1 Å². The van der Waals surface area contributed by atoms with Crippen LogP contribution in [0.25, 0.3) is 22.4 Å². The Morgan fingerprint density at radius 2 is 1.76 bits per heavy atom. The van der Waals surface area contributed by atoms with Crippen molar-refractivity contribution in [1.82, 2.24) is 10.3 Å². The summed E-state index contributed by atoms with van der Waals surface area (Å²) < 4.78 is 5.39. The highest BCUT2D eigenvalue weighted by molar-refractivity contribution is 7.08. The normalized spacial score (nSPS) is 11.9. The number of nitrogens with one attached hydrogen (secondary N) is 1. The first-order valence-corrected chi connectivity index (χ1v) is 10.4. The van der Waals surface area contributed by atoms with E-state index in [1.807, 2.05) is 70.3 Å². The molecule has 0 aliphatic rings. The number of thiophene rings is 1. The van der Waals surface area contributed by atoms with E-state index in [0.29, 0.717) is 5.69 Å². The van der Waals surface area contributed by atoms with Crippen LogP contribution in [0.15, 0.2) is 53.4 Å². The number of ether oxygens (including phenoxy) is 1. The number of amides is 1. The lowest BCUT2D eigenvalue weighted by Gasteiger charge is -2.29. The van der Waals surface area contributed by atoms with E-state index in [2.05, 4.69) is 21.7 Å². The fraction of sp³-hybridized carbons (Fsp3) is 0.304. The Hall–Kier alpha value is -2.86. The van der Waals surface area contributed by atoms with E-state index in [9.17, 15) is 4.79 Å². The number of anilines is 1. The molecule has 0 radical (unpaired) electrons. The zero-order chi connectivity index (χ0) is 21.2. The van der Waals surface area contributed by atoms with E-state index in [1.54, 1.807) is 17.5 Å². The van der Waals surface area contributed by atoms with Crippen molar-refractivity contribution in [1.29, 1.82) is 0 Å². The number of hydrogen-bond donors (Lipinski definition) is 2. The summed E-state index contributed by atoms with van der Waals surface area (Å²) >= 11 is 1.64. The van der Waals surface area contributed by atoms with Gasteiger partial charge in [0.05, 0.1) is 23.1 Å². The maximum Gasteiger partial charge on any atom is 0.408 e. The van der Waals surface area contributed by atoms with Crippen molar-refractivity contribution >= 4 is 23.1 Å². The molecule has 0 aliphatic heterocycles. The minimum Gasteiger partial charge on any atom is -0.444 e. The van der Waals surface area contributed by atoms with E-state index in [4.69, 9.17) is 10.5 Å². The highest BCUT2D eigenvalue weighted by Crippen LogP contribution is 2.34. The van der Waals surface area contributed by atoms with Crippen LogP contribution >= 0.6 is 11.3 Å². The van der Waals surface area contributed by atoms with Crippen molar-refractivity contribution in [2.24, 2.45) is 0 Å². The molecule has 0 unspecified atom stereocenters. The molecule has 0 spiro atoms. The van der Waals surface area contributed by atoms with E-state index in [0.717, 1.165) is 27.9 Å². The van der Waals surface area contributed by atoms with Gasteiger partial charge in [-0.25, -0.2) is 4.79 Å². The maximum atomic E-state index is 12.2. The van der Waals surface area contributed by atoms with Crippen LogP contribution in [0.4, 0.5) is 10.5 Å². The van der Waals surface area contributed by atoms with Crippen molar-refractivity contribution in [2.45, 2.75) is 45.8 Å². The number of carbonyl (C=O) groups excluding carboxylic acids is 1. The Morgan fingerprint density at radius 1 is 1.07 bits per heavy atom. The zero-order valence-corrected chi connectivity index (χ0v) is 18.3. The molecule has 1 amide bonds. The third-order valence-corrected chi connectivity index (χ3v) is 5.12. The monoisotopic (exact) mass is 409 g/mol. The first kappa shape index (κ1) is 20.9. The minimum atomic E-state index is -0.578. The van der Waals surface area contributed by atoms with Gasteiger partial charge in [-0.1, -0.05) is 24.3 Å². The topological polar surface area (TPSA) is 77.2 Å². The molecule has 0 saturated carbocycles. The number of nitrogens with two attached hydrogens (primary N) is 1. The zero-order valence-electron chi connectivity index (χ0n) is 17.4. The molecule has 3 aromatic rings. The Bertz CT molecular complexity index is 988. The largest absolute Gasteiger partial charge is 0.444 e. The standard InChI is InChI=1S/C23H27N3O2S/c1-22(2,3)28-21(27)26-23(4,5)17-8-6-15(7-9-17)20-19(12-18(24)13-25-20)16-10-11-29-14-16/h6-14H,24H2,1-5H3,(H,26,27). The van der Waals surface area contributed by atoms with Crippen molar-refractivity contribution < 1.29 is 9.53 Å². The van der Waals surface area contributed by atoms with Crippen LogP contribution in [0.3, 0.4) is 0 Å². The van der Waals surface area contributed by atoms with Crippen LogP contribution in [0.5, 0.6) is 0 Å². The molecule has 1 aromatic carbocycles. The van der Waals surface area contributed by atoms with E-state index in [-0.39, 0.29) is 0 Å². The molecule has 6 heteroatoms. The molecule has 3 N–H and O–H groups in total. The molecule has 0 saturated heterocycles. The van der Waals surface area contributed by atoms with E-state index in [1.165, 1.54) is 0 Å². The van der Waals surface area contributed by atoms with Gasteiger partial charge < -0.3 is 15.8 Å². The highest BCUT2D eigenvalue weighted by Gasteiger charge is 2.26. The number of pyridine rings is 1. The molecular weight excluding hydrogens is 382 g/mol. The van der Waals surface area contributed by atoms with E-state index < -0.39 is 17.2 Å². The SMILES string of the molecule is CC(C)(C)OC(=O)NC(C)(C)c1ccc(-c2ncc(N)cc2-c2ccsc2)cc1. The molecule has 0 bridgehead atoms. The summed E-state index contributed by atoms with van der Waals surface area (Å²) in [6.07, 6.45) is 1.24. The van der Waals surface area contributed by atoms with Gasteiger partial charge in [-0.3, -0.25) is 4.98 Å². The van der Waals surface area contributed by atoms with Crippen molar-refractivity contribution in [3.05, 3.63) is 58.9 Å². The highest BCUT2D eigenvalue weighted by atomic mass is 32.1. The Kier molecular flexibility index (Phi) is 5.66. The van der Waals surface area contributed by atoms with Gasteiger partial charge in [-0.15, -0.1) is 0 Å². The van der Waals surface area contributed by atoms with Crippen LogP contribution in [0.2, 0.25) is 0 Å². The summed E-state index contributed by atoms with van der Waals surface area (Å²) in [5.74, 6) is 0. The number of aromatic nitrogens is 1. The minimum absolute atomic E-state index is 0.438. The van der Waals surface area contributed by atoms with Crippen LogP contribution in [0.1, 0.15) is 40.2 Å². The summed E-state index contributed by atoms with van der Waals surface area (Å²) in [6.45, 7) is 9.44. The Balaban J connectivity index is 1.87. The number of alkyl carbamates (subject to hydrolysis) is 1. The second kappa shape index (κ2) is 7.87. The number of hydrogen-bond acceptors (Lipinski definition) is 5. The first-order valence-electron chi connectivity index (χ1n) is 9.45. The Labute approximate surface area is 175 Å². The molecular formula is C23H27N3O2S. The van der Waals surface area contributed by atoms with Crippen LogP contribution in [-0.2, 0) is 10.3 Å². The third kappa shape index (κ3) is 5.15. The average molecular weight is 410 g/mol. The smallest absolute Gasteiger partial charge is 0.408 e. The molecule has 5 nitrogen and oxygen atoms in total. The second-order valence-corrected chi connectivity index (χ2v) is 9.29. The van der Waals surface area contributed by atoms with Crippen LogP contribution in [0, 0.1) is 0 Å². The first-order chi connectivity index (χ1) is 13.5. The number of nitrogen functional groups attached to an aromatic ring is 1.